The van der Waals surface area contributed by atoms with E-state index in [4.69, 9.17) is 5.73 Å². The average molecular weight is 264 g/mol. The number of aliphatic hydroxyl groups is 1. The lowest BCUT2D eigenvalue weighted by atomic mass is 10.3. The zero-order chi connectivity index (χ0) is 9.97. The number of hydrogen-bond donors (Lipinski definition) is 2. The summed E-state index contributed by atoms with van der Waals surface area (Å²) in [5, 5.41) is 9.42. The molecule has 16 heavy (non-hydrogen) atoms. The van der Waals surface area contributed by atoms with Crippen molar-refractivity contribution in [1.29, 1.82) is 0 Å². The van der Waals surface area contributed by atoms with Crippen LogP contribution in [0, 0.1) is 0 Å². The highest BCUT2D eigenvalue weighted by Gasteiger charge is 2.05. The van der Waals surface area contributed by atoms with E-state index in [2.05, 4.69) is 4.98 Å². The van der Waals surface area contributed by atoms with E-state index in [9.17, 15) is 5.11 Å². The molecule has 2 aromatic rings. The Morgan fingerprint density at radius 3 is 2.69 bits per heavy atom. The summed E-state index contributed by atoms with van der Waals surface area (Å²) in [4.78, 5) is 4.22. The number of nitrogens with zero attached hydrogens (tertiary/aromatic N) is 2. The zero-order valence-electron chi connectivity index (χ0n) is 8.61. The molecule has 0 amide bonds. The Morgan fingerprint density at radius 2 is 2.00 bits per heavy atom. The van der Waals surface area contributed by atoms with Gasteiger partial charge >= 0.3 is 0 Å². The third-order valence-corrected chi connectivity index (χ3v) is 2.21. The molecular weight excluding hydrogens is 249 g/mol. The van der Waals surface area contributed by atoms with Gasteiger partial charge in [-0.25, -0.2) is 4.98 Å². The Labute approximate surface area is 106 Å². The number of halogens is 2. The number of para-hydroxylation sites is 2. The first kappa shape index (κ1) is 15.2. The predicted octanol–water partition coefficient (Wildman–Crippen LogP) is 1.20. The van der Waals surface area contributed by atoms with E-state index in [1.807, 2.05) is 28.8 Å². The summed E-state index contributed by atoms with van der Waals surface area (Å²) in [6, 6.07) is 7.82. The van der Waals surface area contributed by atoms with E-state index in [1.165, 1.54) is 0 Å². The summed E-state index contributed by atoms with van der Waals surface area (Å²) in [6.45, 7) is 0.767. The molecule has 0 saturated heterocycles. The number of fused-ring (bicyclic) bond motifs is 1. The summed E-state index contributed by atoms with van der Waals surface area (Å²) in [7, 11) is 0. The van der Waals surface area contributed by atoms with Crippen molar-refractivity contribution in [1.82, 2.24) is 9.55 Å². The van der Waals surface area contributed by atoms with Crippen molar-refractivity contribution < 1.29 is 5.11 Å². The summed E-state index contributed by atoms with van der Waals surface area (Å²) < 4.78 is 1.91. The lowest BCUT2D eigenvalue weighted by Crippen LogP contribution is -2.24. The smallest absolute Gasteiger partial charge is 0.0959 e. The van der Waals surface area contributed by atoms with Gasteiger partial charge in [-0.3, -0.25) is 0 Å². The van der Waals surface area contributed by atoms with Crippen LogP contribution in [0.5, 0.6) is 0 Å². The first-order chi connectivity index (χ1) is 6.81. The third kappa shape index (κ3) is 3.09. The molecule has 0 spiro atoms. The van der Waals surface area contributed by atoms with E-state index in [0.29, 0.717) is 6.54 Å². The van der Waals surface area contributed by atoms with Crippen LogP contribution in [0.15, 0.2) is 30.6 Å². The van der Waals surface area contributed by atoms with Gasteiger partial charge in [-0.15, -0.1) is 24.8 Å². The molecule has 2 rings (SSSR count). The molecule has 1 aromatic carbocycles. The van der Waals surface area contributed by atoms with Crippen LogP contribution < -0.4 is 5.73 Å². The number of imidazole rings is 1. The lowest BCUT2D eigenvalue weighted by Gasteiger charge is -2.08. The molecule has 4 nitrogen and oxygen atoms in total. The normalized spacial score (nSPS) is 11.6. The van der Waals surface area contributed by atoms with Crippen molar-refractivity contribution in [2.24, 2.45) is 5.73 Å². The van der Waals surface area contributed by atoms with Crippen molar-refractivity contribution in [3.8, 4) is 0 Å². The van der Waals surface area contributed by atoms with Crippen molar-refractivity contribution in [2.45, 2.75) is 12.6 Å². The van der Waals surface area contributed by atoms with Gasteiger partial charge in [0.05, 0.1) is 30.0 Å². The minimum absolute atomic E-state index is 0. The number of aliphatic hydroxyl groups excluding tert-OH is 1. The van der Waals surface area contributed by atoms with Crippen molar-refractivity contribution in [3.05, 3.63) is 30.6 Å². The number of benzene rings is 1. The van der Waals surface area contributed by atoms with Crippen LogP contribution in [0.1, 0.15) is 0 Å². The van der Waals surface area contributed by atoms with Crippen molar-refractivity contribution >= 4 is 35.8 Å². The minimum Gasteiger partial charge on any atom is -0.390 e. The van der Waals surface area contributed by atoms with Crippen LogP contribution in [0.25, 0.3) is 11.0 Å². The summed E-state index contributed by atoms with van der Waals surface area (Å²) in [6.07, 6.45) is 1.22. The van der Waals surface area contributed by atoms with Gasteiger partial charge in [-0.2, -0.15) is 0 Å². The molecule has 6 heteroatoms. The van der Waals surface area contributed by atoms with Gasteiger partial charge in [-0.1, -0.05) is 12.1 Å². The second-order valence-electron chi connectivity index (χ2n) is 3.28. The van der Waals surface area contributed by atoms with Gasteiger partial charge in [0.2, 0.25) is 0 Å². The summed E-state index contributed by atoms with van der Waals surface area (Å²) in [5.74, 6) is 0. The highest BCUT2D eigenvalue weighted by atomic mass is 35.5. The molecule has 0 aliphatic heterocycles. The zero-order valence-corrected chi connectivity index (χ0v) is 10.2. The van der Waals surface area contributed by atoms with E-state index >= 15 is 0 Å². The Bertz CT molecular complexity index is 433. The number of aromatic nitrogens is 2. The summed E-state index contributed by atoms with van der Waals surface area (Å²) in [5.41, 5.74) is 7.32. The Kier molecular flexibility index (Phi) is 6.36. The van der Waals surface area contributed by atoms with Crippen LogP contribution in [0.4, 0.5) is 0 Å². The first-order valence-corrected chi connectivity index (χ1v) is 4.59. The van der Waals surface area contributed by atoms with Crippen molar-refractivity contribution in [2.75, 3.05) is 6.54 Å². The number of hydrogen-bond acceptors (Lipinski definition) is 3. The van der Waals surface area contributed by atoms with Gasteiger partial charge < -0.3 is 15.4 Å². The van der Waals surface area contributed by atoms with Gasteiger partial charge in [0, 0.05) is 6.54 Å². The molecule has 90 valence electrons. The maximum absolute atomic E-state index is 9.42. The summed E-state index contributed by atoms with van der Waals surface area (Å²) >= 11 is 0. The molecule has 0 saturated carbocycles. The predicted molar refractivity (Wildman–Crippen MR) is 69.3 cm³/mol. The average Bonchev–Trinajstić information content (AvgIpc) is 2.62. The number of rotatable bonds is 3. The number of nitrogens with two attached hydrogens (primary N) is 1. The fourth-order valence-electron chi connectivity index (χ4n) is 1.46. The molecule has 0 fully saturated rings. The quantitative estimate of drug-likeness (QED) is 0.875. The van der Waals surface area contributed by atoms with E-state index < -0.39 is 6.10 Å². The molecule has 1 unspecified atom stereocenters. The van der Waals surface area contributed by atoms with Crippen LogP contribution in [-0.2, 0) is 6.54 Å². The molecule has 0 aliphatic carbocycles. The highest BCUT2D eigenvalue weighted by molar-refractivity contribution is 5.85. The van der Waals surface area contributed by atoms with Gasteiger partial charge in [0.15, 0.2) is 0 Å². The van der Waals surface area contributed by atoms with E-state index in [0.717, 1.165) is 11.0 Å². The molecule has 0 radical (unpaired) electrons. The lowest BCUT2D eigenvalue weighted by molar-refractivity contribution is 0.163. The van der Waals surface area contributed by atoms with Gasteiger partial charge in [0.25, 0.3) is 0 Å². The molecule has 1 atom stereocenters. The van der Waals surface area contributed by atoms with Crippen LogP contribution in [-0.4, -0.2) is 27.3 Å². The second kappa shape index (κ2) is 6.70. The van der Waals surface area contributed by atoms with Gasteiger partial charge in [-0.05, 0) is 12.1 Å². The van der Waals surface area contributed by atoms with E-state index in [-0.39, 0.29) is 31.4 Å². The minimum atomic E-state index is -0.507. The topological polar surface area (TPSA) is 64.1 Å². The fraction of sp³-hybridized carbons (Fsp3) is 0.300. The molecule has 0 bridgehead atoms. The Balaban J connectivity index is 0.00000112. The largest absolute Gasteiger partial charge is 0.390 e. The molecular formula is C10H15Cl2N3O. The second-order valence-corrected chi connectivity index (χ2v) is 3.28. The standard InChI is InChI=1S/C10H13N3O.2ClH/c11-5-8(14)6-13-7-12-9-3-1-2-4-10(9)13;;/h1-4,7-8,14H,5-6,11H2;2*1H. The maximum atomic E-state index is 9.42. The Morgan fingerprint density at radius 1 is 1.31 bits per heavy atom. The third-order valence-electron chi connectivity index (χ3n) is 2.21. The van der Waals surface area contributed by atoms with Crippen molar-refractivity contribution in [3.63, 3.8) is 0 Å². The highest BCUT2D eigenvalue weighted by Crippen LogP contribution is 2.11. The molecule has 1 heterocycles. The SMILES string of the molecule is Cl.Cl.NCC(O)Cn1cnc2ccccc21. The fourth-order valence-corrected chi connectivity index (χ4v) is 1.46. The molecule has 3 N–H and O–H groups in total. The van der Waals surface area contributed by atoms with Gasteiger partial charge in [0.1, 0.15) is 0 Å². The maximum Gasteiger partial charge on any atom is 0.0959 e. The van der Waals surface area contributed by atoms with Crippen LogP contribution in [0.2, 0.25) is 0 Å². The first-order valence-electron chi connectivity index (χ1n) is 4.59. The monoisotopic (exact) mass is 263 g/mol. The molecule has 1 aromatic heterocycles. The van der Waals surface area contributed by atoms with E-state index in [1.54, 1.807) is 6.33 Å². The Hall–Kier alpha value is -0.810. The van der Waals surface area contributed by atoms with Crippen LogP contribution in [0.3, 0.4) is 0 Å². The van der Waals surface area contributed by atoms with Crippen LogP contribution >= 0.6 is 24.8 Å². The molecule has 0 aliphatic rings.